The molecule has 3 rings (SSSR count). The number of nitrogens with one attached hydrogen (secondary N) is 1. The van der Waals surface area contributed by atoms with Crippen molar-refractivity contribution in [3.63, 3.8) is 0 Å². The second kappa shape index (κ2) is 8.64. The Hall–Kier alpha value is -1.92. The maximum atomic E-state index is 10.2. The van der Waals surface area contributed by atoms with E-state index < -0.39 is 5.97 Å². The van der Waals surface area contributed by atoms with E-state index in [2.05, 4.69) is 17.2 Å². The number of aryl methyl sites for hydroxylation is 1. The van der Waals surface area contributed by atoms with E-state index in [1.165, 1.54) is 23.4 Å². The fraction of sp³-hybridized carbons (Fsp3) is 0.412. The van der Waals surface area contributed by atoms with Crippen LogP contribution in [0.15, 0.2) is 30.3 Å². The summed E-state index contributed by atoms with van der Waals surface area (Å²) in [5, 5.41) is 12.7. The third-order valence-electron chi connectivity index (χ3n) is 3.66. The van der Waals surface area contributed by atoms with Crippen LogP contribution in [-0.2, 0) is 12.8 Å². The quantitative estimate of drug-likeness (QED) is 0.800. The Morgan fingerprint density at radius 3 is 2.78 bits per heavy atom. The van der Waals surface area contributed by atoms with Crippen LogP contribution in [0.2, 0.25) is 0 Å². The van der Waals surface area contributed by atoms with Gasteiger partial charge in [0, 0.05) is 10.9 Å². The number of fused-ring (bicyclic) bond motifs is 1. The van der Waals surface area contributed by atoms with Crippen molar-refractivity contribution in [2.24, 2.45) is 0 Å². The number of thiazole rings is 1. The van der Waals surface area contributed by atoms with Crippen molar-refractivity contribution in [2.45, 2.75) is 38.6 Å². The Morgan fingerprint density at radius 2 is 2.17 bits per heavy atom. The SMILES string of the molecule is CCCN[C@H]1CCc2nc(N)sc2C1.O=C(O)c1ccccc1. The van der Waals surface area contributed by atoms with Crippen molar-refractivity contribution in [1.82, 2.24) is 10.3 Å². The number of rotatable bonds is 4. The van der Waals surface area contributed by atoms with Gasteiger partial charge >= 0.3 is 5.97 Å². The van der Waals surface area contributed by atoms with E-state index in [4.69, 9.17) is 10.8 Å². The van der Waals surface area contributed by atoms with Gasteiger partial charge in [0.15, 0.2) is 5.13 Å². The zero-order valence-corrected chi connectivity index (χ0v) is 14.1. The van der Waals surface area contributed by atoms with Gasteiger partial charge in [-0.1, -0.05) is 25.1 Å². The molecule has 0 saturated carbocycles. The molecule has 6 heteroatoms. The normalized spacial score (nSPS) is 16.1. The highest BCUT2D eigenvalue weighted by Crippen LogP contribution is 2.27. The molecule has 0 unspecified atom stereocenters. The number of nitrogen functional groups attached to an aromatic ring is 1. The number of nitrogens with two attached hydrogens (primary N) is 1. The van der Waals surface area contributed by atoms with Gasteiger partial charge in [-0.2, -0.15) is 0 Å². The number of anilines is 1. The van der Waals surface area contributed by atoms with Crippen LogP contribution in [0.25, 0.3) is 0 Å². The topological polar surface area (TPSA) is 88.2 Å². The summed E-state index contributed by atoms with van der Waals surface area (Å²) in [6.45, 7) is 3.32. The molecule has 0 saturated heterocycles. The zero-order valence-electron chi connectivity index (χ0n) is 13.3. The summed E-state index contributed by atoms with van der Waals surface area (Å²) in [6, 6.07) is 8.94. The van der Waals surface area contributed by atoms with Crippen molar-refractivity contribution in [1.29, 1.82) is 0 Å². The van der Waals surface area contributed by atoms with Crippen molar-refractivity contribution in [3.05, 3.63) is 46.5 Å². The first-order valence-corrected chi connectivity index (χ1v) is 8.67. The molecule has 1 heterocycles. The van der Waals surface area contributed by atoms with E-state index in [0.29, 0.717) is 11.6 Å². The Morgan fingerprint density at radius 1 is 1.43 bits per heavy atom. The van der Waals surface area contributed by atoms with Crippen LogP contribution in [0.3, 0.4) is 0 Å². The van der Waals surface area contributed by atoms with Gasteiger partial charge in [-0.15, -0.1) is 11.3 Å². The van der Waals surface area contributed by atoms with Crippen LogP contribution < -0.4 is 11.1 Å². The van der Waals surface area contributed by atoms with Crippen molar-refractivity contribution in [3.8, 4) is 0 Å². The molecule has 0 amide bonds. The number of benzene rings is 1. The Kier molecular flexibility index (Phi) is 6.55. The van der Waals surface area contributed by atoms with Crippen molar-refractivity contribution < 1.29 is 9.90 Å². The average molecular weight is 333 g/mol. The van der Waals surface area contributed by atoms with Gasteiger partial charge in [0.1, 0.15) is 0 Å². The molecule has 0 bridgehead atoms. The number of hydrogen-bond donors (Lipinski definition) is 3. The number of carboxylic acid groups (broad SMARTS) is 1. The monoisotopic (exact) mass is 333 g/mol. The van der Waals surface area contributed by atoms with E-state index in [-0.39, 0.29) is 0 Å². The minimum atomic E-state index is -0.879. The Bertz CT molecular complexity index is 628. The summed E-state index contributed by atoms with van der Waals surface area (Å²) in [5.74, 6) is -0.879. The Balaban J connectivity index is 0.000000185. The third kappa shape index (κ3) is 5.33. The number of hydrogen-bond acceptors (Lipinski definition) is 5. The highest BCUT2D eigenvalue weighted by Gasteiger charge is 2.21. The van der Waals surface area contributed by atoms with E-state index in [0.717, 1.165) is 24.5 Å². The molecular weight excluding hydrogens is 310 g/mol. The van der Waals surface area contributed by atoms with E-state index in [1.807, 2.05) is 0 Å². The third-order valence-corrected chi connectivity index (χ3v) is 4.61. The predicted molar refractivity (Wildman–Crippen MR) is 94.0 cm³/mol. The van der Waals surface area contributed by atoms with Crippen LogP contribution in [0.4, 0.5) is 5.13 Å². The molecule has 1 aliphatic carbocycles. The molecule has 1 aromatic carbocycles. The van der Waals surface area contributed by atoms with Gasteiger partial charge in [-0.05, 0) is 44.4 Å². The molecule has 0 fully saturated rings. The molecule has 5 nitrogen and oxygen atoms in total. The molecule has 4 N–H and O–H groups in total. The summed E-state index contributed by atoms with van der Waals surface area (Å²) in [7, 11) is 0. The van der Waals surface area contributed by atoms with E-state index >= 15 is 0 Å². The van der Waals surface area contributed by atoms with Crippen molar-refractivity contribution in [2.75, 3.05) is 12.3 Å². The van der Waals surface area contributed by atoms with Crippen LogP contribution in [0.5, 0.6) is 0 Å². The first-order chi connectivity index (χ1) is 11.1. The summed E-state index contributed by atoms with van der Waals surface area (Å²) in [6.07, 6.45) is 4.61. The molecule has 1 aliphatic rings. The molecule has 23 heavy (non-hydrogen) atoms. The van der Waals surface area contributed by atoms with Crippen LogP contribution >= 0.6 is 11.3 Å². The minimum Gasteiger partial charge on any atom is -0.478 e. The molecule has 2 aromatic rings. The lowest BCUT2D eigenvalue weighted by Crippen LogP contribution is -2.34. The molecule has 0 spiro atoms. The van der Waals surface area contributed by atoms with Gasteiger partial charge in [0.25, 0.3) is 0 Å². The zero-order chi connectivity index (χ0) is 16.7. The largest absolute Gasteiger partial charge is 0.478 e. The van der Waals surface area contributed by atoms with Crippen LogP contribution in [-0.4, -0.2) is 28.6 Å². The lowest BCUT2D eigenvalue weighted by molar-refractivity contribution is 0.0697. The lowest BCUT2D eigenvalue weighted by atomic mass is 9.98. The molecule has 124 valence electrons. The van der Waals surface area contributed by atoms with Crippen molar-refractivity contribution >= 4 is 22.4 Å². The maximum absolute atomic E-state index is 10.2. The molecule has 1 aromatic heterocycles. The number of aromatic carboxylic acids is 1. The average Bonchev–Trinajstić information content (AvgIpc) is 2.93. The van der Waals surface area contributed by atoms with Crippen LogP contribution in [0, 0.1) is 0 Å². The maximum Gasteiger partial charge on any atom is 0.335 e. The van der Waals surface area contributed by atoms with Crippen LogP contribution in [0.1, 0.15) is 40.7 Å². The number of nitrogens with zero attached hydrogens (tertiary/aromatic N) is 1. The van der Waals surface area contributed by atoms with Gasteiger partial charge < -0.3 is 16.2 Å². The lowest BCUT2D eigenvalue weighted by Gasteiger charge is -2.21. The fourth-order valence-electron chi connectivity index (χ4n) is 2.50. The fourth-order valence-corrected chi connectivity index (χ4v) is 3.46. The van der Waals surface area contributed by atoms with Gasteiger partial charge in [-0.3, -0.25) is 0 Å². The first-order valence-electron chi connectivity index (χ1n) is 7.86. The summed E-state index contributed by atoms with van der Waals surface area (Å²) in [5.41, 5.74) is 7.26. The number of carbonyl (C=O) groups is 1. The standard InChI is InChI=1S/C10H17N3S.C7H6O2/c1-2-5-12-7-3-4-8-9(6-7)14-10(11)13-8;8-7(9)6-4-2-1-3-5-6/h7,12H,2-6H2,1H3,(H2,11,13);1-5H,(H,8,9)/t7-;/m0./s1. The van der Waals surface area contributed by atoms with Gasteiger partial charge in [0.2, 0.25) is 0 Å². The predicted octanol–water partition coefficient (Wildman–Crippen LogP) is 2.97. The Labute approximate surface area is 140 Å². The number of aromatic nitrogens is 1. The van der Waals surface area contributed by atoms with E-state index in [9.17, 15) is 4.79 Å². The second-order valence-electron chi connectivity index (χ2n) is 5.49. The van der Waals surface area contributed by atoms with E-state index in [1.54, 1.807) is 41.7 Å². The highest BCUT2D eigenvalue weighted by atomic mass is 32.1. The second-order valence-corrected chi connectivity index (χ2v) is 6.60. The van der Waals surface area contributed by atoms with Gasteiger partial charge in [-0.25, -0.2) is 9.78 Å². The first kappa shape index (κ1) is 17.4. The summed E-state index contributed by atoms with van der Waals surface area (Å²) >= 11 is 1.65. The molecule has 0 aliphatic heterocycles. The molecular formula is C17H23N3O2S. The highest BCUT2D eigenvalue weighted by molar-refractivity contribution is 7.15. The summed E-state index contributed by atoms with van der Waals surface area (Å²) < 4.78 is 0. The molecule has 0 radical (unpaired) electrons. The molecule has 1 atom stereocenters. The number of carboxylic acids is 1. The smallest absolute Gasteiger partial charge is 0.335 e. The van der Waals surface area contributed by atoms with Gasteiger partial charge in [0.05, 0.1) is 11.3 Å². The minimum absolute atomic E-state index is 0.331. The summed E-state index contributed by atoms with van der Waals surface area (Å²) in [4.78, 5) is 15.9.